The van der Waals surface area contributed by atoms with Crippen LogP contribution in [0.25, 0.3) is 0 Å². The highest BCUT2D eigenvalue weighted by atomic mass is 32.2. The van der Waals surface area contributed by atoms with Gasteiger partial charge in [-0.15, -0.1) is 11.8 Å². The number of carbonyl (C=O) groups is 2. The van der Waals surface area contributed by atoms with Crippen LogP contribution in [0.15, 0.2) is 24.3 Å². The lowest BCUT2D eigenvalue weighted by atomic mass is 10.2. The summed E-state index contributed by atoms with van der Waals surface area (Å²) < 4.78 is 0. The van der Waals surface area contributed by atoms with E-state index in [1.54, 1.807) is 23.7 Å². The molecule has 0 spiro atoms. The molecule has 1 unspecified atom stereocenters. The molecule has 6 heteroatoms. The fraction of sp³-hybridized carbons (Fsp3) is 0.429. The molecule has 20 heavy (non-hydrogen) atoms. The Hall–Kier alpha value is -1.53. The third-order valence-corrected chi connectivity index (χ3v) is 4.12. The average Bonchev–Trinajstić information content (AvgIpc) is 2.92. The van der Waals surface area contributed by atoms with Crippen molar-refractivity contribution in [2.75, 3.05) is 24.0 Å². The number of hydrogen-bond acceptors (Lipinski definition) is 4. The van der Waals surface area contributed by atoms with Gasteiger partial charge in [0, 0.05) is 37.8 Å². The molecule has 2 amide bonds. The van der Waals surface area contributed by atoms with Gasteiger partial charge in [-0.25, -0.2) is 0 Å². The average molecular weight is 293 g/mol. The molecule has 1 saturated heterocycles. The van der Waals surface area contributed by atoms with Gasteiger partial charge in [0.05, 0.1) is 6.04 Å². The number of hydrogen-bond donors (Lipinski definition) is 2. The van der Waals surface area contributed by atoms with E-state index in [2.05, 4.69) is 10.6 Å². The summed E-state index contributed by atoms with van der Waals surface area (Å²) in [6, 6.07) is 7.47. The van der Waals surface area contributed by atoms with Crippen LogP contribution in [-0.4, -0.2) is 41.4 Å². The third kappa shape index (κ3) is 3.98. The maximum atomic E-state index is 12.0. The number of nitrogens with zero attached hydrogens (tertiary/aromatic N) is 1. The van der Waals surface area contributed by atoms with E-state index >= 15 is 0 Å². The zero-order valence-electron chi connectivity index (χ0n) is 11.7. The standard InChI is InChI=1S/C14H19N3O2S/c1-10(18)17(2)7-11-4-3-5-12(6-11)16-14(19)13-8-20-9-15-13/h3-6,13,15H,7-9H2,1-2H3,(H,16,19). The van der Waals surface area contributed by atoms with Gasteiger partial charge in [-0.1, -0.05) is 12.1 Å². The van der Waals surface area contributed by atoms with Crippen LogP contribution < -0.4 is 10.6 Å². The summed E-state index contributed by atoms with van der Waals surface area (Å²) in [5.41, 5.74) is 1.76. The van der Waals surface area contributed by atoms with Crippen LogP contribution in [0.2, 0.25) is 0 Å². The van der Waals surface area contributed by atoms with Crippen molar-refractivity contribution in [3.63, 3.8) is 0 Å². The maximum Gasteiger partial charge on any atom is 0.242 e. The molecule has 0 saturated carbocycles. The van der Waals surface area contributed by atoms with Crippen LogP contribution in [0, 0.1) is 0 Å². The topological polar surface area (TPSA) is 61.4 Å². The van der Waals surface area contributed by atoms with Crippen molar-refractivity contribution in [1.29, 1.82) is 0 Å². The molecule has 2 N–H and O–H groups in total. The molecule has 0 radical (unpaired) electrons. The molecule has 1 aliphatic rings. The Bertz CT molecular complexity index is 501. The van der Waals surface area contributed by atoms with Gasteiger partial charge in [0.15, 0.2) is 0 Å². The van der Waals surface area contributed by atoms with Crippen molar-refractivity contribution < 1.29 is 9.59 Å². The minimum Gasteiger partial charge on any atom is -0.342 e. The molecule has 0 aliphatic carbocycles. The number of thioether (sulfide) groups is 1. The minimum atomic E-state index is -0.122. The van der Waals surface area contributed by atoms with Crippen molar-refractivity contribution in [2.24, 2.45) is 0 Å². The second-order valence-electron chi connectivity index (χ2n) is 4.84. The van der Waals surface area contributed by atoms with Gasteiger partial charge in [0.2, 0.25) is 11.8 Å². The number of benzene rings is 1. The fourth-order valence-electron chi connectivity index (χ4n) is 1.93. The van der Waals surface area contributed by atoms with Crippen LogP contribution >= 0.6 is 11.8 Å². The highest BCUT2D eigenvalue weighted by molar-refractivity contribution is 7.99. The van der Waals surface area contributed by atoms with Crippen LogP contribution in [0.3, 0.4) is 0 Å². The Labute approximate surface area is 123 Å². The van der Waals surface area contributed by atoms with Crippen LogP contribution in [0.1, 0.15) is 12.5 Å². The van der Waals surface area contributed by atoms with Crippen LogP contribution in [0.5, 0.6) is 0 Å². The van der Waals surface area contributed by atoms with Crippen LogP contribution in [-0.2, 0) is 16.1 Å². The quantitative estimate of drug-likeness (QED) is 0.877. The molecule has 1 aromatic rings. The summed E-state index contributed by atoms with van der Waals surface area (Å²) >= 11 is 1.72. The molecule has 5 nitrogen and oxygen atoms in total. The summed E-state index contributed by atoms with van der Waals surface area (Å²) in [4.78, 5) is 24.9. The highest BCUT2D eigenvalue weighted by Gasteiger charge is 2.22. The molecule has 0 aromatic heterocycles. The number of nitrogens with one attached hydrogen (secondary N) is 2. The highest BCUT2D eigenvalue weighted by Crippen LogP contribution is 2.15. The Morgan fingerprint density at radius 2 is 2.30 bits per heavy atom. The van der Waals surface area contributed by atoms with Crippen molar-refractivity contribution >= 4 is 29.3 Å². The van der Waals surface area contributed by atoms with Gasteiger partial charge in [-0.2, -0.15) is 0 Å². The Balaban J connectivity index is 1.98. The maximum absolute atomic E-state index is 12.0. The molecule has 2 rings (SSSR count). The van der Waals surface area contributed by atoms with Gasteiger partial charge >= 0.3 is 0 Å². The Morgan fingerprint density at radius 1 is 1.50 bits per heavy atom. The zero-order chi connectivity index (χ0) is 14.5. The monoisotopic (exact) mass is 293 g/mol. The lowest BCUT2D eigenvalue weighted by Crippen LogP contribution is -2.37. The molecule has 1 atom stereocenters. The van der Waals surface area contributed by atoms with E-state index in [4.69, 9.17) is 0 Å². The van der Waals surface area contributed by atoms with E-state index in [0.29, 0.717) is 6.54 Å². The molecule has 108 valence electrons. The summed E-state index contributed by atoms with van der Waals surface area (Å²) in [7, 11) is 1.76. The second kappa shape index (κ2) is 6.76. The third-order valence-electron chi connectivity index (χ3n) is 3.18. The molecule has 1 aromatic carbocycles. The molecule has 0 bridgehead atoms. The summed E-state index contributed by atoms with van der Waals surface area (Å²) in [6.45, 7) is 2.08. The lowest BCUT2D eigenvalue weighted by Gasteiger charge is -2.16. The normalized spacial score (nSPS) is 17.8. The predicted molar refractivity (Wildman–Crippen MR) is 81.5 cm³/mol. The Kier molecular flexibility index (Phi) is 5.03. The second-order valence-corrected chi connectivity index (χ2v) is 5.87. The van der Waals surface area contributed by atoms with Gasteiger partial charge < -0.3 is 10.2 Å². The van der Waals surface area contributed by atoms with Crippen LogP contribution in [0.4, 0.5) is 5.69 Å². The van der Waals surface area contributed by atoms with Crippen molar-refractivity contribution in [3.8, 4) is 0 Å². The molecule has 1 heterocycles. The molecule has 1 fully saturated rings. The first-order valence-electron chi connectivity index (χ1n) is 6.49. The van der Waals surface area contributed by atoms with Crippen molar-refractivity contribution in [1.82, 2.24) is 10.2 Å². The first kappa shape index (κ1) is 14.9. The Morgan fingerprint density at radius 3 is 2.95 bits per heavy atom. The van der Waals surface area contributed by atoms with Crippen molar-refractivity contribution in [3.05, 3.63) is 29.8 Å². The predicted octanol–water partition coefficient (Wildman–Crippen LogP) is 1.27. The zero-order valence-corrected chi connectivity index (χ0v) is 12.5. The van der Waals surface area contributed by atoms with Gasteiger partial charge in [-0.3, -0.25) is 14.9 Å². The van der Waals surface area contributed by atoms with E-state index in [-0.39, 0.29) is 17.9 Å². The van der Waals surface area contributed by atoms with E-state index in [1.165, 1.54) is 6.92 Å². The SMILES string of the molecule is CC(=O)N(C)Cc1cccc(NC(=O)C2CSCN2)c1. The van der Waals surface area contributed by atoms with E-state index in [9.17, 15) is 9.59 Å². The number of carbonyl (C=O) groups excluding carboxylic acids is 2. The number of rotatable bonds is 4. The van der Waals surface area contributed by atoms with Gasteiger partial charge in [-0.05, 0) is 17.7 Å². The molecule has 1 aliphatic heterocycles. The summed E-state index contributed by atoms with van der Waals surface area (Å²) in [5, 5.41) is 6.04. The largest absolute Gasteiger partial charge is 0.342 e. The first-order valence-corrected chi connectivity index (χ1v) is 7.64. The number of amides is 2. The van der Waals surface area contributed by atoms with Crippen molar-refractivity contribution in [2.45, 2.75) is 19.5 Å². The van der Waals surface area contributed by atoms with Gasteiger partial charge in [0.25, 0.3) is 0 Å². The molecular formula is C14H19N3O2S. The summed E-state index contributed by atoms with van der Waals surface area (Å²) in [5.74, 6) is 1.64. The van der Waals surface area contributed by atoms with E-state index in [0.717, 1.165) is 22.9 Å². The minimum absolute atomic E-state index is 0.00734. The van der Waals surface area contributed by atoms with E-state index in [1.807, 2.05) is 24.3 Å². The molecular weight excluding hydrogens is 274 g/mol. The lowest BCUT2D eigenvalue weighted by molar-refractivity contribution is -0.128. The first-order chi connectivity index (χ1) is 9.56. The number of anilines is 1. The smallest absolute Gasteiger partial charge is 0.242 e. The summed E-state index contributed by atoms with van der Waals surface area (Å²) in [6.07, 6.45) is 0. The van der Waals surface area contributed by atoms with Gasteiger partial charge in [0.1, 0.15) is 0 Å². The fourth-order valence-corrected chi connectivity index (χ4v) is 2.87. The van der Waals surface area contributed by atoms with E-state index < -0.39 is 0 Å².